The Morgan fingerprint density at radius 1 is 1.09 bits per heavy atom. The van der Waals surface area contributed by atoms with Crippen molar-refractivity contribution in [2.45, 2.75) is 27.0 Å². The molecule has 3 heterocycles. The van der Waals surface area contributed by atoms with Crippen molar-refractivity contribution >= 4 is 27.5 Å². The van der Waals surface area contributed by atoms with Crippen LogP contribution in [0, 0.1) is 6.92 Å². The van der Waals surface area contributed by atoms with Gasteiger partial charge in [0.15, 0.2) is 17.3 Å². The number of benzene rings is 1. The molecule has 0 aliphatic heterocycles. The third kappa shape index (κ3) is 5.50. The van der Waals surface area contributed by atoms with Crippen LogP contribution >= 0.6 is 11.3 Å². The van der Waals surface area contributed by atoms with Crippen molar-refractivity contribution in [3.63, 3.8) is 0 Å². The van der Waals surface area contributed by atoms with Gasteiger partial charge in [-0.2, -0.15) is 4.98 Å². The maximum Gasteiger partial charge on any atom is 0.261 e. The summed E-state index contributed by atoms with van der Waals surface area (Å²) in [6.45, 7) is 4.89. The summed E-state index contributed by atoms with van der Waals surface area (Å²) < 4.78 is 22.0. The number of amides is 1. The number of rotatable bonds is 10. The summed E-state index contributed by atoms with van der Waals surface area (Å²) in [6, 6.07) is 11.0. The number of aryl methyl sites for hydroxylation is 1. The average Bonchev–Trinajstić information content (AvgIpc) is 3.21. The second-order valence-electron chi connectivity index (χ2n) is 7.49. The predicted molar refractivity (Wildman–Crippen MR) is 133 cm³/mol. The van der Waals surface area contributed by atoms with E-state index in [-0.39, 0.29) is 12.5 Å². The SMILES string of the molecule is CCOc1ccccc1Oc1ccc(CNC(=O)c2sc3nc(COC)nc(OC)c3c2C)cn1. The fourth-order valence-electron chi connectivity index (χ4n) is 3.46. The third-order valence-corrected chi connectivity index (χ3v) is 6.27. The third-order valence-electron chi connectivity index (χ3n) is 5.09. The largest absolute Gasteiger partial charge is 0.490 e. The standard InChI is InChI=1S/C25H26N4O5S/c1-5-33-17-8-6-7-9-18(17)34-20-11-10-16(12-26-20)13-27-23(30)22-15(2)21-24(32-4)28-19(14-31-3)29-25(21)35-22/h6-12H,5,13-14H2,1-4H3,(H,27,30). The summed E-state index contributed by atoms with van der Waals surface area (Å²) in [7, 11) is 3.12. The zero-order valence-corrected chi connectivity index (χ0v) is 20.8. The molecular weight excluding hydrogens is 468 g/mol. The van der Waals surface area contributed by atoms with E-state index in [4.69, 9.17) is 18.9 Å². The molecule has 3 aromatic heterocycles. The van der Waals surface area contributed by atoms with Crippen LogP contribution in [0.2, 0.25) is 0 Å². The highest BCUT2D eigenvalue weighted by molar-refractivity contribution is 7.20. The number of para-hydroxylation sites is 2. The van der Waals surface area contributed by atoms with Gasteiger partial charge in [-0.1, -0.05) is 18.2 Å². The monoisotopic (exact) mass is 494 g/mol. The van der Waals surface area contributed by atoms with Gasteiger partial charge >= 0.3 is 0 Å². The molecule has 0 aliphatic rings. The Hall–Kier alpha value is -3.76. The molecule has 0 aliphatic carbocycles. The number of thiophene rings is 1. The topological polar surface area (TPSA) is 105 Å². The minimum atomic E-state index is -0.202. The van der Waals surface area contributed by atoms with Crippen molar-refractivity contribution in [1.29, 1.82) is 0 Å². The van der Waals surface area contributed by atoms with Crippen molar-refractivity contribution in [3.05, 3.63) is 64.4 Å². The van der Waals surface area contributed by atoms with E-state index in [2.05, 4.69) is 20.3 Å². The van der Waals surface area contributed by atoms with Gasteiger partial charge in [0.1, 0.15) is 11.4 Å². The van der Waals surface area contributed by atoms with Gasteiger partial charge in [0.05, 0.1) is 24.0 Å². The maximum absolute atomic E-state index is 13.0. The first-order valence-corrected chi connectivity index (χ1v) is 11.8. The number of aromatic nitrogens is 3. The van der Waals surface area contributed by atoms with E-state index in [1.807, 2.05) is 44.2 Å². The van der Waals surface area contributed by atoms with Crippen LogP contribution in [0.15, 0.2) is 42.6 Å². The fourth-order valence-corrected chi connectivity index (χ4v) is 4.57. The lowest BCUT2D eigenvalue weighted by Gasteiger charge is -2.11. The van der Waals surface area contributed by atoms with E-state index in [1.54, 1.807) is 26.5 Å². The van der Waals surface area contributed by atoms with E-state index in [0.717, 1.165) is 16.5 Å². The Kier molecular flexibility index (Phi) is 7.74. The van der Waals surface area contributed by atoms with E-state index >= 15 is 0 Å². The van der Waals surface area contributed by atoms with Gasteiger partial charge in [-0.3, -0.25) is 4.79 Å². The molecule has 1 aromatic carbocycles. The van der Waals surface area contributed by atoms with Crippen molar-refractivity contribution in [2.24, 2.45) is 0 Å². The molecular formula is C25H26N4O5S. The van der Waals surface area contributed by atoms with Gasteiger partial charge in [0.25, 0.3) is 5.91 Å². The fraction of sp³-hybridized carbons (Fsp3) is 0.280. The molecule has 182 valence electrons. The zero-order chi connectivity index (χ0) is 24.8. The lowest BCUT2D eigenvalue weighted by Crippen LogP contribution is -2.22. The molecule has 10 heteroatoms. The Morgan fingerprint density at radius 2 is 1.89 bits per heavy atom. The number of carbonyl (C=O) groups is 1. The van der Waals surface area contributed by atoms with Crippen LogP contribution in [0.25, 0.3) is 10.2 Å². The van der Waals surface area contributed by atoms with Crippen molar-refractivity contribution < 1.29 is 23.7 Å². The summed E-state index contributed by atoms with van der Waals surface area (Å²) in [6.07, 6.45) is 1.67. The van der Waals surface area contributed by atoms with E-state index in [0.29, 0.717) is 51.9 Å². The van der Waals surface area contributed by atoms with Crippen LogP contribution in [0.3, 0.4) is 0 Å². The Labute approximate surface area is 207 Å². The normalized spacial score (nSPS) is 10.9. The molecule has 0 atom stereocenters. The average molecular weight is 495 g/mol. The molecule has 4 aromatic rings. The van der Waals surface area contributed by atoms with E-state index in [1.165, 1.54) is 11.3 Å². The van der Waals surface area contributed by atoms with Crippen LogP contribution < -0.4 is 19.5 Å². The Morgan fingerprint density at radius 3 is 2.57 bits per heavy atom. The number of hydrogen-bond donors (Lipinski definition) is 1. The molecule has 0 bridgehead atoms. The van der Waals surface area contributed by atoms with Crippen LogP contribution in [-0.4, -0.2) is 41.7 Å². The first kappa shape index (κ1) is 24.4. The summed E-state index contributed by atoms with van der Waals surface area (Å²) in [5.41, 5.74) is 1.61. The molecule has 0 saturated heterocycles. The van der Waals surface area contributed by atoms with Crippen LogP contribution in [-0.2, 0) is 17.9 Å². The number of fused-ring (bicyclic) bond motifs is 1. The summed E-state index contributed by atoms with van der Waals surface area (Å²) in [4.78, 5) is 27.4. The molecule has 0 unspecified atom stereocenters. The number of carbonyl (C=O) groups excluding carboxylic acids is 1. The highest BCUT2D eigenvalue weighted by atomic mass is 32.1. The van der Waals surface area contributed by atoms with Crippen LogP contribution in [0.5, 0.6) is 23.3 Å². The molecule has 0 spiro atoms. The van der Waals surface area contributed by atoms with Gasteiger partial charge in [0.2, 0.25) is 11.8 Å². The first-order valence-electron chi connectivity index (χ1n) is 11.0. The van der Waals surface area contributed by atoms with E-state index in [9.17, 15) is 4.79 Å². The van der Waals surface area contributed by atoms with Crippen molar-refractivity contribution in [2.75, 3.05) is 20.8 Å². The first-order chi connectivity index (χ1) is 17.0. The number of ether oxygens (including phenoxy) is 4. The Balaban J connectivity index is 1.44. The van der Waals surface area contributed by atoms with Crippen LogP contribution in [0.1, 0.15) is 33.5 Å². The number of nitrogens with zero attached hydrogens (tertiary/aromatic N) is 3. The minimum absolute atomic E-state index is 0.202. The minimum Gasteiger partial charge on any atom is -0.490 e. The maximum atomic E-state index is 13.0. The van der Waals surface area contributed by atoms with Crippen molar-refractivity contribution in [1.82, 2.24) is 20.3 Å². The van der Waals surface area contributed by atoms with Gasteiger partial charge in [0, 0.05) is 25.9 Å². The Bertz CT molecular complexity index is 1320. The molecule has 1 N–H and O–H groups in total. The van der Waals surface area contributed by atoms with Gasteiger partial charge in [-0.05, 0) is 37.1 Å². The highest BCUT2D eigenvalue weighted by Gasteiger charge is 2.21. The van der Waals surface area contributed by atoms with Crippen molar-refractivity contribution in [3.8, 4) is 23.3 Å². The number of nitrogens with one attached hydrogen (secondary N) is 1. The van der Waals surface area contributed by atoms with E-state index < -0.39 is 0 Å². The molecule has 0 fully saturated rings. The van der Waals surface area contributed by atoms with Gasteiger partial charge in [-0.25, -0.2) is 9.97 Å². The molecule has 9 nitrogen and oxygen atoms in total. The number of hydrogen-bond acceptors (Lipinski definition) is 9. The molecule has 35 heavy (non-hydrogen) atoms. The van der Waals surface area contributed by atoms with Crippen LogP contribution in [0.4, 0.5) is 0 Å². The smallest absolute Gasteiger partial charge is 0.261 e. The van der Waals surface area contributed by atoms with Gasteiger partial charge < -0.3 is 24.3 Å². The molecule has 0 radical (unpaired) electrons. The predicted octanol–water partition coefficient (Wildman–Crippen LogP) is 4.67. The second kappa shape index (κ2) is 11.1. The second-order valence-corrected chi connectivity index (χ2v) is 8.49. The lowest BCUT2D eigenvalue weighted by atomic mass is 10.2. The molecule has 1 amide bonds. The number of methoxy groups -OCH3 is 2. The van der Waals surface area contributed by atoms with Gasteiger partial charge in [-0.15, -0.1) is 11.3 Å². The summed E-state index contributed by atoms with van der Waals surface area (Å²) in [5, 5.41) is 3.68. The highest BCUT2D eigenvalue weighted by Crippen LogP contribution is 2.35. The number of pyridine rings is 1. The summed E-state index contributed by atoms with van der Waals surface area (Å²) in [5.74, 6) is 2.41. The summed E-state index contributed by atoms with van der Waals surface area (Å²) >= 11 is 1.30. The molecule has 0 saturated carbocycles. The zero-order valence-electron chi connectivity index (χ0n) is 20.0. The quantitative estimate of drug-likeness (QED) is 0.339. The molecule has 4 rings (SSSR count). The lowest BCUT2D eigenvalue weighted by molar-refractivity contribution is 0.0954.